The lowest BCUT2D eigenvalue weighted by Gasteiger charge is -2.09. The fourth-order valence-corrected chi connectivity index (χ4v) is 1.63. The maximum absolute atomic E-state index is 11.8. The van der Waals surface area contributed by atoms with E-state index in [-0.39, 0.29) is 18.4 Å². The fourth-order valence-electron chi connectivity index (χ4n) is 1.63. The van der Waals surface area contributed by atoms with E-state index in [1.807, 2.05) is 0 Å². The summed E-state index contributed by atoms with van der Waals surface area (Å²) in [6.07, 6.45) is 3.36. The molecule has 0 atom stereocenters. The highest BCUT2D eigenvalue weighted by molar-refractivity contribution is 6.21. The standard InChI is InChI=1S/C12H9NO3/c14-8-4-3-7-13-11(15)9-5-1-2-6-10(9)12(13)16/h1-6,8H,7H2. The van der Waals surface area contributed by atoms with Gasteiger partial charge in [-0.2, -0.15) is 0 Å². The van der Waals surface area contributed by atoms with Gasteiger partial charge in [0.1, 0.15) is 6.29 Å². The monoisotopic (exact) mass is 215 g/mol. The van der Waals surface area contributed by atoms with Crippen LogP contribution in [-0.2, 0) is 4.79 Å². The van der Waals surface area contributed by atoms with Crippen molar-refractivity contribution in [2.24, 2.45) is 0 Å². The lowest BCUT2D eigenvalue weighted by Crippen LogP contribution is -2.29. The van der Waals surface area contributed by atoms with Crippen molar-refractivity contribution >= 4 is 18.1 Å². The third-order valence-corrected chi connectivity index (χ3v) is 2.38. The van der Waals surface area contributed by atoms with E-state index < -0.39 is 0 Å². The lowest BCUT2D eigenvalue weighted by atomic mass is 10.1. The van der Waals surface area contributed by atoms with Gasteiger partial charge in [-0.25, -0.2) is 0 Å². The molecule has 0 bridgehead atoms. The number of hydrogen-bond acceptors (Lipinski definition) is 3. The van der Waals surface area contributed by atoms with Crippen LogP contribution in [-0.4, -0.2) is 29.5 Å². The van der Waals surface area contributed by atoms with Gasteiger partial charge in [0.05, 0.1) is 11.1 Å². The zero-order chi connectivity index (χ0) is 11.5. The Kier molecular flexibility index (Phi) is 2.64. The van der Waals surface area contributed by atoms with Crippen LogP contribution in [0, 0.1) is 0 Å². The van der Waals surface area contributed by atoms with Crippen molar-refractivity contribution in [3.05, 3.63) is 47.5 Å². The van der Waals surface area contributed by atoms with Crippen LogP contribution in [0.1, 0.15) is 20.7 Å². The molecule has 1 heterocycles. The van der Waals surface area contributed by atoms with Crippen LogP contribution in [0.5, 0.6) is 0 Å². The van der Waals surface area contributed by atoms with Gasteiger partial charge in [0.2, 0.25) is 0 Å². The molecule has 0 aromatic heterocycles. The van der Waals surface area contributed by atoms with Gasteiger partial charge < -0.3 is 0 Å². The van der Waals surface area contributed by atoms with Gasteiger partial charge in [0.25, 0.3) is 11.8 Å². The van der Waals surface area contributed by atoms with Crippen molar-refractivity contribution in [2.75, 3.05) is 6.54 Å². The van der Waals surface area contributed by atoms with E-state index in [1.165, 1.54) is 12.2 Å². The molecular formula is C12H9NO3. The van der Waals surface area contributed by atoms with E-state index in [0.29, 0.717) is 17.4 Å². The van der Waals surface area contributed by atoms with Crippen LogP contribution in [0.4, 0.5) is 0 Å². The van der Waals surface area contributed by atoms with E-state index in [0.717, 1.165) is 4.90 Å². The molecule has 2 rings (SSSR count). The van der Waals surface area contributed by atoms with Crippen molar-refractivity contribution in [2.45, 2.75) is 0 Å². The number of rotatable bonds is 3. The van der Waals surface area contributed by atoms with Crippen LogP contribution in [0.15, 0.2) is 36.4 Å². The van der Waals surface area contributed by atoms with Crippen LogP contribution < -0.4 is 0 Å². The Balaban J connectivity index is 2.28. The molecule has 4 heteroatoms. The van der Waals surface area contributed by atoms with Gasteiger partial charge in [-0.3, -0.25) is 19.3 Å². The first-order chi connectivity index (χ1) is 7.75. The molecule has 1 aromatic carbocycles. The number of allylic oxidation sites excluding steroid dienone is 1. The smallest absolute Gasteiger partial charge is 0.261 e. The fraction of sp³-hybridized carbons (Fsp3) is 0.0833. The van der Waals surface area contributed by atoms with Gasteiger partial charge >= 0.3 is 0 Å². The number of imide groups is 1. The highest BCUT2D eigenvalue weighted by Gasteiger charge is 2.33. The summed E-state index contributed by atoms with van der Waals surface area (Å²) in [5.41, 5.74) is 0.846. The zero-order valence-electron chi connectivity index (χ0n) is 8.42. The van der Waals surface area contributed by atoms with Gasteiger partial charge in [-0.05, 0) is 18.2 Å². The Hall–Kier alpha value is -2.23. The van der Waals surface area contributed by atoms with E-state index in [1.54, 1.807) is 24.3 Å². The molecule has 0 radical (unpaired) electrons. The molecule has 0 fully saturated rings. The quantitative estimate of drug-likeness (QED) is 0.430. The molecule has 0 N–H and O–H groups in total. The van der Waals surface area contributed by atoms with Crippen molar-refractivity contribution in [1.29, 1.82) is 0 Å². The first-order valence-corrected chi connectivity index (χ1v) is 4.81. The number of nitrogens with zero attached hydrogens (tertiary/aromatic N) is 1. The Morgan fingerprint density at radius 1 is 1.06 bits per heavy atom. The molecular weight excluding hydrogens is 206 g/mol. The number of benzene rings is 1. The van der Waals surface area contributed by atoms with Crippen molar-refractivity contribution in [3.63, 3.8) is 0 Å². The molecule has 0 saturated heterocycles. The average Bonchev–Trinajstić information content (AvgIpc) is 2.55. The highest BCUT2D eigenvalue weighted by atomic mass is 16.2. The Morgan fingerprint density at radius 2 is 1.62 bits per heavy atom. The summed E-state index contributed by atoms with van der Waals surface area (Å²) in [6.45, 7) is 0.130. The highest BCUT2D eigenvalue weighted by Crippen LogP contribution is 2.21. The molecule has 0 saturated carbocycles. The van der Waals surface area contributed by atoms with Crippen LogP contribution in [0.3, 0.4) is 0 Å². The van der Waals surface area contributed by atoms with E-state index in [2.05, 4.69) is 0 Å². The summed E-state index contributed by atoms with van der Waals surface area (Å²) >= 11 is 0. The third kappa shape index (κ3) is 1.54. The predicted molar refractivity (Wildman–Crippen MR) is 57.0 cm³/mol. The zero-order valence-corrected chi connectivity index (χ0v) is 8.42. The second-order valence-electron chi connectivity index (χ2n) is 3.33. The van der Waals surface area contributed by atoms with E-state index in [9.17, 15) is 14.4 Å². The normalized spacial score (nSPS) is 14.6. The number of carbonyl (C=O) groups excluding carboxylic acids is 3. The minimum absolute atomic E-state index is 0.130. The summed E-state index contributed by atoms with van der Waals surface area (Å²) in [5, 5.41) is 0. The minimum atomic E-state index is -0.309. The van der Waals surface area contributed by atoms with Gasteiger partial charge in [-0.15, -0.1) is 0 Å². The number of fused-ring (bicyclic) bond motifs is 1. The van der Waals surface area contributed by atoms with Crippen LogP contribution >= 0.6 is 0 Å². The second-order valence-corrected chi connectivity index (χ2v) is 3.33. The summed E-state index contributed by atoms with van der Waals surface area (Å²) in [6, 6.07) is 6.68. The summed E-state index contributed by atoms with van der Waals surface area (Å²) in [5.74, 6) is -0.618. The molecule has 0 unspecified atom stereocenters. The van der Waals surface area contributed by atoms with Crippen molar-refractivity contribution in [3.8, 4) is 0 Å². The molecule has 2 amide bonds. The minimum Gasteiger partial charge on any atom is -0.299 e. The molecule has 80 valence electrons. The number of aldehydes is 1. The molecule has 1 aliphatic heterocycles. The molecule has 0 aliphatic carbocycles. The Labute approximate surface area is 92.2 Å². The largest absolute Gasteiger partial charge is 0.299 e. The Bertz CT molecular complexity index is 456. The van der Waals surface area contributed by atoms with Gasteiger partial charge in [0, 0.05) is 6.54 Å². The molecule has 0 spiro atoms. The van der Waals surface area contributed by atoms with Crippen molar-refractivity contribution in [1.82, 2.24) is 4.90 Å². The maximum Gasteiger partial charge on any atom is 0.261 e. The summed E-state index contributed by atoms with van der Waals surface area (Å²) < 4.78 is 0. The number of carbonyl (C=O) groups is 3. The summed E-state index contributed by atoms with van der Waals surface area (Å²) in [7, 11) is 0. The van der Waals surface area contributed by atoms with E-state index >= 15 is 0 Å². The lowest BCUT2D eigenvalue weighted by molar-refractivity contribution is -0.104. The third-order valence-electron chi connectivity index (χ3n) is 2.38. The first kappa shape index (κ1) is 10.3. The average molecular weight is 215 g/mol. The number of amides is 2. The number of hydrogen-bond donors (Lipinski definition) is 0. The Morgan fingerprint density at radius 3 is 2.12 bits per heavy atom. The predicted octanol–water partition coefficient (Wildman–Crippen LogP) is 1.04. The van der Waals surface area contributed by atoms with Gasteiger partial charge in [-0.1, -0.05) is 18.2 Å². The SMILES string of the molecule is O=CC=CCN1C(=O)c2ccccc2C1=O. The van der Waals surface area contributed by atoms with E-state index in [4.69, 9.17) is 0 Å². The molecule has 1 aliphatic rings. The molecule has 16 heavy (non-hydrogen) atoms. The maximum atomic E-state index is 11.8. The summed E-state index contributed by atoms with van der Waals surface area (Å²) in [4.78, 5) is 34.8. The second kappa shape index (κ2) is 4.10. The molecule has 4 nitrogen and oxygen atoms in total. The first-order valence-electron chi connectivity index (χ1n) is 4.81. The van der Waals surface area contributed by atoms with Gasteiger partial charge in [0.15, 0.2) is 0 Å². The topological polar surface area (TPSA) is 54.5 Å². The van der Waals surface area contributed by atoms with Crippen molar-refractivity contribution < 1.29 is 14.4 Å². The van der Waals surface area contributed by atoms with Crippen LogP contribution in [0.25, 0.3) is 0 Å². The van der Waals surface area contributed by atoms with Crippen LogP contribution in [0.2, 0.25) is 0 Å². The molecule has 1 aromatic rings.